The van der Waals surface area contributed by atoms with Crippen LogP contribution >= 0.6 is 12.2 Å². The predicted molar refractivity (Wildman–Crippen MR) is 69.1 cm³/mol. The van der Waals surface area contributed by atoms with Crippen molar-refractivity contribution < 1.29 is 0 Å². The molecule has 2 N–H and O–H groups in total. The van der Waals surface area contributed by atoms with Crippen molar-refractivity contribution in [3.63, 3.8) is 0 Å². The highest BCUT2D eigenvalue weighted by molar-refractivity contribution is 7.80. The average molecular weight is 229 g/mol. The summed E-state index contributed by atoms with van der Waals surface area (Å²) in [4.78, 5) is 5.58. The van der Waals surface area contributed by atoms with Crippen molar-refractivity contribution in [1.82, 2.24) is 9.80 Å². The van der Waals surface area contributed by atoms with E-state index in [2.05, 4.69) is 30.7 Å². The minimum Gasteiger partial charge on any atom is -0.393 e. The fraction of sp³-hybridized carbons (Fsp3) is 0.909. The standard InChI is InChI=1S/C11H23N3S/c1-4-10(7-11(12)15)14-6-5-13(3)8-9(14)2/h9-10H,4-8H2,1-3H3,(H2,12,15). The topological polar surface area (TPSA) is 32.5 Å². The molecule has 1 heterocycles. The van der Waals surface area contributed by atoms with E-state index in [-0.39, 0.29) is 0 Å². The molecule has 0 aliphatic carbocycles. The highest BCUT2D eigenvalue weighted by atomic mass is 32.1. The van der Waals surface area contributed by atoms with E-state index in [1.54, 1.807) is 0 Å². The highest BCUT2D eigenvalue weighted by Gasteiger charge is 2.27. The van der Waals surface area contributed by atoms with Gasteiger partial charge in [0.15, 0.2) is 0 Å². The maximum absolute atomic E-state index is 5.64. The molecule has 1 fully saturated rings. The number of thiocarbonyl (C=S) groups is 1. The molecule has 0 saturated carbocycles. The van der Waals surface area contributed by atoms with Gasteiger partial charge in [0.05, 0.1) is 4.99 Å². The van der Waals surface area contributed by atoms with E-state index < -0.39 is 0 Å². The minimum atomic E-state index is 0.534. The van der Waals surface area contributed by atoms with Crippen LogP contribution in [-0.4, -0.2) is 53.6 Å². The van der Waals surface area contributed by atoms with E-state index in [1.807, 2.05) is 0 Å². The average Bonchev–Trinajstić information content (AvgIpc) is 2.14. The van der Waals surface area contributed by atoms with E-state index >= 15 is 0 Å². The first kappa shape index (κ1) is 12.9. The Balaban J connectivity index is 2.55. The largest absolute Gasteiger partial charge is 0.393 e. The molecule has 0 radical (unpaired) electrons. The summed E-state index contributed by atoms with van der Waals surface area (Å²) in [7, 11) is 2.18. The van der Waals surface area contributed by atoms with Crippen LogP contribution in [0.1, 0.15) is 26.7 Å². The van der Waals surface area contributed by atoms with Gasteiger partial charge in [-0.05, 0) is 20.4 Å². The van der Waals surface area contributed by atoms with Gasteiger partial charge >= 0.3 is 0 Å². The van der Waals surface area contributed by atoms with Crippen molar-refractivity contribution in [2.24, 2.45) is 5.73 Å². The van der Waals surface area contributed by atoms with Crippen molar-refractivity contribution >= 4 is 17.2 Å². The Morgan fingerprint density at radius 3 is 2.67 bits per heavy atom. The second-order valence-corrected chi connectivity index (χ2v) is 5.11. The summed E-state index contributed by atoms with van der Waals surface area (Å²) in [5.41, 5.74) is 5.64. The van der Waals surface area contributed by atoms with Crippen LogP contribution < -0.4 is 5.73 Å². The number of piperazine rings is 1. The maximum Gasteiger partial charge on any atom is 0.0743 e. The summed E-state index contributed by atoms with van der Waals surface area (Å²) in [6, 6.07) is 1.15. The SMILES string of the molecule is CCC(CC(N)=S)N1CCN(C)CC1C. The first-order valence-electron chi connectivity index (χ1n) is 5.77. The lowest BCUT2D eigenvalue weighted by molar-refractivity contribution is 0.0620. The molecule has 1 saturated heterocycles. The van der Waals surface area contributed by atoms with E-state index in [1.165, 1.54) is 0 Å². The lowest BCUT2D eigenvalue weighted by Crippen LogP contribution is -2.54. The van der Waals surface area contributed by atoms with Gasteiger partial charge in [0.1, 0.15) is 0 Å². The molecule has 0 aromatic carbocycles. The quantitative estimate of drug-likeness (QED) is 0.731. The first-order valence-corrected chi connectivity index (χ1v) is 6.18. The Bertz CT molecular complexity index is 220. The Kier molecular flexibility index (Phi) is 4.96. The van der Waals surface area contributed by atoms with Crippen molar-refractivity contribution in [1.29, 1.82) is 0 Å². The molecule has 0 spiro atoms. The molecule has 0 amide bonds. The van der Waals surface area contributed by atoms with E-state index in [9.17, 15) is 0 Å². The van der Waals surface area contributed by atoms with Crippen molar-refractivity contribution in [2.75, 3.05) is 26.7 Å². The third-order valence-electron chi connectivity index (χ3n) is 3.26. The fourth-order valence-corrected chi connectivity index (χ4v) is 2.62. The maximum atomic E-state index is 5.64. The molecule has 1 aliphatic rings. The van der Waals surface area contributed by atoms with Gasteiger partial charge in [0.2, 0.25) is 0 Å². The summed E-state index contributed by atoms with van der Waals surface area (Å²) < 4.78 is 0. The van der Waals surface area contributed by atoms with Crippen LogP contribution in [0.5, 0.6) is 0 Å². The molecule has 4 heteroatoms. The van der Waals surface area contributed by atoms with Crippen LogP contribution in [-0.2, 0) is 0 Å². The van der Waals surface area contributed by atoms with Crippen LogP contribution in [0.25, 0.3) is 0 Å². The summed E-state index contributed by atoms with van der Waals surface area (Å²) in [6.45, 7) is 7.94. The van der Waals surface area contributed by atoms with Crippen LogP contribution in [0.15, 0.2) is 0 Å². The molecule has 3 nitrogen and oxygen atoms in total. The molecular formula is C11H23N3S. The second kappa shape index (κ2) is 5.77. The van der Waals surface area contributed by atoms with Gasteiger partial charge in [-0.15, -0.1) is 0 Å². The smallest absolute Gasteiger partial charge is 0.0743 e. The molecule has 15 heavy (non-hydrogen) atoms. The molecular weight excluding hydrogens is 206 g/mol. The molecule has 2 unspecified atom stereocenters. The van der Waals surface area contributed by atoms with Gasteiger partial charge in [-0.1, -0.05) is 19.1 Å². The van der Waals surface area contributed by atoms with Crippen LogP contribution in [0.4, 0.5) is 0 Å². The van der Waals surface area contributed by atoms with E-state index in [0.29, 0.717) is 17.1 Å². The van der Waals surface area contributed by atoms with Gasteiger partial charge in [0.25, 0.3) is 0 Å². The zero-order chi connectivity index (χ0) is 11.4. The van der Waals surface area contributed by atoms with Crippen LogP contribution in [0.3, 0.4) is 0 Å². The number of nitrogens with two attached hydrogens (primary N) is 1. The Morgan fingerprint density at radius 1 is 1.53 bits per heavy atom. The monoisotopic (exact) mass is 229 g/mol. The molecule has 1 rings (SSSR count). The Labute approximate surface area is 98.6 Å². The fourth-order valence-electron chi connectivity index (χ4n) is 2.42. The van der Waals surface area contributed by atoms with Gasteiger partial charge in [0, 0.05) is 38.1 Å². The van der Waals surface area contributed by atoms with Crippen LogP contribution in [0, 0.1) is 0 Å². The molecule has 0 aromatic heterocycles. The molecule has 88 valence electrons. The number of hydrogen-bond acceptors (Lipinski definition) is 3. The summed E-state index contributed by atoms with van der Waals surface area (Å²) in [5, 5.41) is 0. The zero-order valence-electron chi connectivity index (χ0n) is 10.1. The number of rotatable bonds is 4. The van der Waals surface area contributed by atoms with E-state index in [4.69, 9.17) is 18.0 Å². The number of nitrogens with zero attached hydrogens (tertiary/aromatic N) is 2. The third-order valence-corrected chi connectivity index (χ3v) is 3.43. The zero-order valence-corrected chi connectivity index (χ0v) is 10.9. The van der Waals surface area contributed by atoms with Gasteiger partial charge in [-0.2, -0.15) is 0 Å². The van der Waals surface area contributed by atoms with Crippen molar-refractivity contribution in [2.45, 2.75) is 38.8 Å². The lowest BCUT2D eigenvalue weighted by atomic mass is 10.0. The summed E-state index contributed by atoms with van der Waals surface area (Å²) in [5.74, 6) is 0. The minimum absolute atomic E-state index is 0.534. The number of hydrogen-bond donors (Lipinski definition) is 1. The first-order chi connectivity index (χ1) is 7.04. The van der Waals surface area contributed by atoms with Crippen molar-refractivity contribution in [3.8, 4) is 0 Å². The predicted octanol–water partition coefficient (Wildman–Crippen LogP) is 1.08. The molecule has 0 aromatic rings. The summed E-state index contributed by atoms with van der Waals surface area (Å²) >= 11 is 5.01. The Morgan fingerprint density at radius 2 is 2.20 bits per heavy atom. The van der Waals surface area contributed by atoms with Gasteiger partial charge in [-0.25, -0.2) is 0 Å². The van der Waals surface area contributed by atoms with Crippen molar-refractivity contribution in [3.05, 3.63) is 0 Å². The lowest BCUT2D eigenvalue weighted by Gasteiger charge is -2.42. The molecule has 0 bridgehead atoms. The second-order valence-electron chi connectivity index (χ2n) is 4.58. The summed E-state index contributed by atoms with van der Waals surface area (Å²) in [6.07, 6.45) is 1.99. The Hall–Kier alpha value is -0.190. The van der Waals surface area contributed by atoms with Crippen LogP contribution in [0.2, 0.25) is 0 Å². The molecule has 1 aliphatic heterocycles. The van der Waals surface area contributed by atoms with Gasteiger partial charge in [-0.3, -0.25) is 4.90 Å². The number of likely N-dealkylation sites (N-methyl/N-ethyl adjacent to an activating group) is 1. The highest BCUT2D eigenvalue weighted by Crippen LogP contribution is 2.16. The van der Waals surface area contributed by atoms with Gasteiger partial charge < -0.3 is 10.6 Å². The van der Waals surface area contributed by atoms with E-state index in [0.717, 1.165) is 32.5 Å². The normalized spacial score (nSPS) is 26.5. The third kappa shape index (κ3) is 3.70. The molecule has 2 atom stereocenters.